The minimum Gasteiger partial charge on any atom is -0.473 e. The Bertz CT molecular complexity index is 1520. The Morgan fingerprint density at radius 3 is 2.36 bits per heavy atom. The predicted molar refractivity (Wildman–Crippen MR) is 149 cm³/mol. The summed E-state index contributed by atoms with van der Waals surface area (Å²) in [4.78, 5) is 24.8. The van der Waals surface area contributed by atoms with Gasteiger partial charge < -0.3 is 9.64 Å². The van der Waals surface area contributed by atoms with Crippen LogP contribution in [0.2, 0.25) is 0 Å². The molecule has 1 aromatic heterocycles. The van der Waals surface area contributed by atoms with Gasteiger partial charge in [-0.3, -0.25) is 4.79 Å². The van der Waals surface area contributed by atoms with Crippen LogP contribution in [0.1, 0.15) is 66.9 Å². The van der Waals surface area contributed by atoms with E-state index in [0.29, 0.717) is 23.2 Å². The van der Waals surface area contributed by atoms with E-state index < -0.39 is 10.0 Å². The molecule has 1 spiro atoms. The average Bonchev–Trinajstić information content (AvgIpc) is 3.65. The number of carbonyl (C=O) groups excluding carboxylic acids is 1. The number of hydrogen-bond donors (Lipinski definition) is 1. The normalized spacial score (nSPS) is 22.2. The minimum absolute atomic E-state index is 0.00952. The van der Waals surface area contributed by atoms with Crippen molar-refractivity contribution in [2.75, 3.05) is 11.3 Å². The number of nitrogens with zero attached hydrogens (tertiary/aromatic N) is 3. The number of aryl methyl sites for hydroxylation is 2. The summed E-state index contributed by atoms with van der Waals surface area (Å²) < 4.78 is 35.7. The zero-order valence-corrected chi connectivity index (χ0v) is 23.4. The van der Waals surface area contributed by atoms with E-state index in [4.69, 9.17) is 4.74 Å². The first-order valence-corrected chi connectivity index (χ1v) is 15.2. The molecule has 2 aromatic carbocycles. The van der Waals surface area contributed by atoms with Gasteiger partial charge in [-0.05, 0) is 94.0 Å². The number of ether oxygens (including phenoxy) is 1. The van der Waals surface area contributed by atoms with E-state index in [1.165, 1.54) is 25.0 Å². The Morgan fingerprint density at radius 1 is 0.974 bits per heavy atom. The maximum absolute atomic E-state index is 13.9. The summed E-state index contributed by atoms with van der Waals surface area (Å²) in [6.07, 6.45) is 6.36. The average molecular weight is 547 g/mol. The van der Waals surface area contributed by atoms with Crippen LogP contribution in [0.25, 0.3) is 11.3 Å². The molecular formula is C30H34N4O4S. The van der Waals surface area contributed by atoms with Crippen molar-refractivity contribution in [1.29, 1.82) is 0 Å². The van der Waals surface area contributed by atoms with E-state index in [1.54, 1.807) is 18.2 Å². The molecule has 0 unspecified atom stereocenters. The van der Waals surface area contributed by atoms with Crippen LogP contribution < -0.4 is 9.46 Å². The highest BCUT2D eigenvalue weighted by Gasteiger charge is 2.46. The molecule has 1 N–H and O–H groups in total. The first kappa shape index (κ1) is 25.8. The standard InChI is InChI=1S/C30H34N4O4S/c1-19-6-4-7-20(2)27(19)25-17-26-32-29(31-25)33-39(36,37)24-9-5-8-22(16-24)28(35)34(18-21(3)38-26)23-10-12-30(13-11-23)14-15-30/h4-9,16-17,21,23H,10-15,18H2,1-3H3,(H,31,32,33)/t21-/m1/s1. The van der Waals surface area contributed by atoms with Gasteiger partial charge in [0.05, 0.1) is 17.1 Å². The maximum Gasteiger partial charge on any atom is 0.264 e. The Morgan fingerprint density at radius 2 is 1.67 bits per heavy atom. The van der Waals surface area contributed by atoms with E-state index >= 15 is 0 Å². The Kier molecular flexibility index (Phi) is 6.37. The highest BCUT2D eigenvalue weighted by atomic mass is 32.2. The van der Waals surface area contributed by atoms with Gasteiger partial charge in [0.1, 0.15) is 6.10 Å². The summed E-state index contributed by atoms with van der Waals surface area (Å²) in [6, 6.07) is 14.0. The summed E-state index contributed by atoms with van der Waals surface area (Å²) in [5.74, 6) is 0.00601. The van der Waals surface area contributed by atoms with E-state index in [-0.39, 0.29) is 34.8 Å². The van der Waals surface area contributed by atoms with Gasteiger partial charge in [-0.15, -0.1) is 0 Å². The fraction of sp³-hybridized carbons (Fsp3) is 0.433. The van der Waals surface area contributed by atoms with Crippen LogP contribution in [0, 0.1) is 19.3 Å². The third-order valence-corrected chi connectivity index (χ3v) is 9.83. The molecule has 204 valence electrons. The van der Waals surface area contributed by atoms with Crippen LogP contribution in [0.5, 0.6) is 5.88 Å². The first-order chi connectivity index (χ1) is 18.6. The molecule has 3 aromatic rings. The van der Waals surface area contributed by atoms with Crippen LogP contribution >= 0.6 is 0 Å². The maximum atomic E-state index is 13.9. The summed E-state index contributed by atoms with van der Waals surface area (Å²) in [6.45, 7) is 6.28. The molecule has 1 amide bonds. The fourth-order valence-electron chi connectivity index (χ4n) is 6.14. The summed E-state index contributed by atoms with van der Waals surface area (Å²) >= 11 is 0. The molecule has 9 heteroatoms. The van der Waals surface area contributed by atoms with E-state index in [1.807, 2.05) is 43.9 Å². The zero-order valence-electron chi connectivity index (χ0n) is 22.6. The minimum atomic E-state index is -4.07. The largest absolute Gasteiger partial charge is 0.473 e. The highest BCUT2D eigenvalue weighted by Crippen LogP contribution is 2.56. The number of amides is 1. The lowest BCUT2D eigenvalue weighted by molar-refractivity contribution is 0.0476. The molecule has 8 nitrogen and oxygen atoms in total. The van der Waals surface area contributed by atoms with Crippen molar-refractivity contribution in [2.24, 2.45) is 5.41 Å². The molecule has 2 aliphatic carbocycles. The van der Waals surface area contributed by atoms with Crippen molar-refractivity contribution in [3.8, 4) is 17.1 Å². The van der Waals surface area contributed by atoms with Crippen LogP contribution in [0.15, 0.2) is 53.4 Å². The Hall–Kier alpha value is -3.46. The Balaban J connectivity index is 1.43. The van der Waals surface area contributed by atoms with Crippen LogP contribution in [0.4, 0.5) is 5.95 Å². The molecule has 1 atom stereocenters. The molecule has 4 bridgehead atoms. The zero-order chi connectivity index (χ0) is 27.4. The second-order valence-corrected chi connectivity index (χ2v) is 13.1. The quantitative estimate of drug-likeness (QED) is 0.455. The molecule has 6 rings (SSSR count). The van der Waals surface area contributed by atoms with Gasteiger partial charge in [-0.1, -0.05) is 24.3 Å². The number of hydrogen-bond acceptors (Lipinski definition) is 6. The monoisotopic (exact) mass is 546 g/mol. The van der Waals surface area contributed by atoms with Crippen molar-refractivity contribution in [2.45, 2.75) is 76.3 Å². The van der Waals surface area contributed by atoms with Crippen molar-refractivity contribution >= 4 is 21.9 Å². The second-order valence-electron chi connectivity index (χ2n) is 11.4. The van der Waals surface area contributed by atoms with Gasteiger partial charge in [0, 0.05) is 23.2 Å². The SMILES string of the molecule is Cc1cccc(C)c1-c1cc2nc(n1)NS(=O)(=O)c1cccc(c1)C(=O)N(C1CCC3(CC1)CC3)C[C@@H](C)O2. The molecule has 3 aliphatic rings. The van der Waals surface area contributed by atoms with Crippen molar-refractivity contribution in [3.63, 3.8) is 0 Å². The van der Waals surface area contributed by atoms with E-state index in [2.05, 4.69) is 14.7 Å². The fourth-order valence-corrected chi connectivity index (χ4v) is 7.13. The Labute approximate surface area is 229 Å². The van der Waals surface area contributed by atoms with Gasteiger partial charge in [0.2, 0.25) is 11.8 Å². The number of aromatic nitrogens is 2. The van der Waals surface area contributed by atoms with Gasteiger partial charge in [0.15, 0.2) is 0 Å². The summed E-state index contributed by atoms with van der Waals surface area (Å²) in [5.41, 5.74) is 4.33. The number of benzene rings is 2. The van der Waals surface area contributed by atoms with Gasteiger partial charge in [-0.25, -0.2) is 18.1 Å². The summed E-state index contributed by atoms with van der Waals surface area (Å²) in [7, 11) is -4.07. The number of sulfonamides is 1. The van der Waals surface area contributed by atoms with Gasteiger partial charge in [-0.2, -0.15) is 4.98 Å². The second kappa shape index (κ2) is 9.62. The molecule has 1 aliphatic heterocycles. The topological polar surface area (TPSA) is 101 Å². The van der Waals surface area contributed by atoms with Gasteiger partial charge >= 0.3 is 0 Å². The molecule has 0 radical (unpaired) electrons. The highest BCUT2D eigenvalue weighted by molar-refractivity contribution is 7.92. The van der Waals surface area contributed by atoms with Gasteiger partial charge in [0.25, 0.3) is 15.9 Å². The molecule has 2 saturated carbocycles. The summed E-state index contributed by atoms with van der Waals surface area (Å²) in [5, 5.41) is 0. The predicted octanol–water partition coefficient (Wildman–Crippen LogP) is 5.51. The number of carbonyl (C=O) groups is 1. The van der Waals surface area contributed by atoms with Crippen LogP contribution in [-0.2, 0) is 10.0 Å². The van der Waals surface area contributed by atoms with Crippen LogP contribution in [-0.4, -0.2) is 47.9 Å². The lowest BCUT2D eigenvalue weighted by Crippen LogP contribution is -2.47. The lowest BCUT2D eigenvalue weighted by Gasteiger charge is -2.38. The molecular weight excluding hydrogens is 512 g/mol. The number of fused-ring (bicyclic) bond motifs is 4. The first-order valence-electron chi connectivity index (χ1n) is 13.7. The van der Waals surface area contributed by atoms with Crippen molar-refractivity contribution in [3.05, 3.63) is 65.2 Å². The third kappa shape index (κ3) is 5.12. The number of anilines is 1. The molecule has 39 heavy (non-hydrogen) atoms. The van der Waals surface area contributed by atoms with Crippen molar-refractivity contribution < 1.29 is 17.9 Å². The molecule has 0 saturated heterocycles. The number of nitrogens with one attached hydrogen (secondary N) is 1. The molecule has 2 heterocycles. The smallest absolute Gasteiger partial charge is 0.264 e. The van der Waals surface area contributed by atoms with Crippen LogP contribution in [0.3, 0.4) is 0 Å². The molecule has 2 fully saturated rings. The third-order valence-electron chi connectivity index (χ3n) is 8.51. The lowest BCUT2D eigenvalue weighted by atomic mass is 9.82. The number of rotatable bonds is 2. The van der Waals surface area contributed by atoms with Crippen molar-refractivity contribution in [1.82, 2.24) is 14.9 Å². The van der Waals surface area contributed by atoms with E-state index in [9.17, 15) is 13.2 Å². The van der Waals surface area contributed by atoms with E-state index in [0.717, 1.165) is 42.4 Å².